The van der Waals surface area contributed by atoms with E-state index < -0.39 is 5.82 Å². The van der Waals surface area contributed by atoms with E-state index in [4.69, 9.17) is 0 Å². The molecule has 0 fully saturated rings. The van der Waals surface area contributed by atoms with Gasteiger partial charge in [-0.25, -0.2) is 8.78 Å². The fraction of sp³-hybridized carbons (Fsp3) is 0.333. The minimum absolute atomic E-state index is 0.339. The van der Waals surface area contributed by atoms with Gasteiger partial charge in [0.2, 0.25) is 0 Å². The van der Waals surface area contributed by atoms with Crippen LogP contribution in [0.15, 0.2) is 24.3 Å². The fourth-order valence-corrected chi connectivity index (χ4v) is 1.34. The summed E-state index contributed by atoms with van der Waals surface area (Å²) in [6.45, 7) is 2.61. The predicted molar refractivity (Wildman–Crippen MR) is 58.6 cm³/mol. The van der Waals surface area contributed by atoms with E-state index in [0.29, 0.717) is 5.56 Å². The summed E-state index contributed by atoms with van der Waals surface area (Å²) < 4.78 is 26.2. The van der Waals surface area contributed by atoms with E-state index in [1.54, 1.807) is 6.92 Å². The molecule has 0 bridgehead atoms. The molecule has 0 spiro atoms. The predicted octanol–water partition coefficient (Wildman–Crippen LogP) is 2.98. The van der Waals surface area contributed by atoms with E-state index in [0.717, 1.165) is 30.7 Å². The summed E-state index contributed by atoms with van der Waals surface area (Å²) in [6, 6.07) is 3.50. The van der Waals surface area contributed by atoms with Gasteiger partial charge in [0.1, 0.15) is 11.6 Å². The van der Waals surface area contributed by atoms with Crippen LogP contribution in [0.3, 0.4) is 0 Å². The number of rotatable bonds is 4. The maximum Gasteiger partial charge on any atom is 0.130 e. The second-order valence-corrected chi connectivity index (χ2v) is 3.40. The zero-order valence-electron chi connectivity index (χ0n) is 8.98. The molecule has 0 aromatic heterocycles. The number of halogens is 2. The third-order valence-electron chi connectivity index (χ3n) is 2.20. The number of allylic oxidation sites excluding steroid dienone is 1. The molecule has 0 saturated heterocycles. The lowest BCUT2D eigenvalue weighted by atomic mass is 10.1. The maximum absolute atomic E-state index is 13.3. The summed E-state index contributed by atoms with van der Waals surface area (Å²) in [4.78, 5) is 0. The van der Waals surface area contributed by atoms with Gasteiger partial charge in [-0.1, -0.05) is 6.08 Å². The second-order valence-electron chi connectivity index (χ2n) is 3.40. The van der Waals surface area contributed by atoms with Crippen LogP contribution >= 0.6 is 0 Å². The van der Waals surface area contributed by atoms with Gasteiger partial charge in [-0.3, -0.25) is 0 Å². The molecule has 1 aromatic rings. The highest BCUT2D eigenvalue weighted by Gasteiger charge is 2.04. The topological polar surface area (TPSA) is 12.0 Å². The van der Waals surface area contributed by atoms with Crippen molar-refractivity contribution < 1.29 is 8.78 Å². The van der Waals surface area contributed by atoms with Crippen molar-refractivity contribution in [3.05, 3.63) is 41.5 Å². The molecule has 0 aliphatic heterocycles. The van der Waals surface area contributed by atoms with Gasteiger partial charge in [-0.2, -0.15) is 0 Å². The van der Waals surface area contributed by atoms with Gasteiger partial charge in [0.15, 0.2) is 0 Å². The van der Waals surface area contributed by atoms with Crippen molar-refractivity contribution in [1.82, 2.24) is 5.32 Å². The Bertz CT molecular complexity index is 359. The number of nitrogens with one attached hydrogen (secondary N) is 1. The molecule has 0 amide bonds. The first kappa shape index (κ1) is 11.9. The van der Waals surface area contributed by atoms with Crippen molar-refractivity contribution >= 4 is 5.57 Å². The van der Waals surface area contributed by atoms with Crippen molar-refractivity contribution in [3.8, 4) is 0 Å². The first-order valence-corrected chi connectivity index (χ1v) is 4.92. The van der Waals surface area contributed by atoms with E-state index in [2.05, 4.69) is 5.32 Å². The Labute approximate surface area is 88.8 Å². The quantitative estimate of drug-likeness (QED) is 0.755. The van der Waals surface area contributed by atoms with Crippen LogP contribution in [-0.4, -0.2) is 13.6 Å². The van der Waals surface area contributed by atoms with Crippen molar-refractivity contribution in [1.29, 1.82) is 0 Å². The monoisotopic (exact) mass is 211 g/mol. The minimum Gasteiger partial charge on any atom is -0.319 e. The Morgan fingerprint density at radius 3 is 2.80 bits per heavy atom. The van der Waals surface area contributed by atoms with Gasteiger partial charge in [0.05, 0.1) is 0 Å². The van der Waals surface area contributed by atoms with Gasteiger partial charge < -0.3 is 5.32 Å². The van der Waals surface area contributed by atoms with Crippen LogP contribution in [0, 0.1) is 11.6 Å². The Morgan fingerprint density at radius 2 is 2.13 bits per heavy atom. The summed E-state index contributed by atoms with van der Waals surface area (Å²) in [5.74, 6) is -0.789. The van der Waals surface area contributed by atoms with Crippen LogP contribution in [0.1, 0.15) is 18.9 Å². The molecule has 0 radical (unpaired) electrons. The molecule has 0 unspecified atom stereocenters. The zero-order valence-corrected chi connectivity index (χ0v) is 8.98. The smallest absolute Gasteiger partial charge is 0.130 e. The molecule has 1 rings (SSSR count). The van der Waals surface area contributed by atoms with E-state index >= 15 is 0 Å². The van der Waals surface area contributed by atoms with E-state index in [1.165, 1.54) is 6.07 Å². The zero-order chi connectivity index (χ0) is 11.3. The molecule has 1 aromatic carbocycles. The lowest BCUT2D eigenvalue weighted by molar-refractivity contribution is 0.597. The standard InChI is InChI=1S/C12H15F2N/c1-9(4-3-7-15-2)11-8-10(13)5-6-12(11)14/h4-6,8,15H,3,7H2,1-2H3. The van der Waals surface area contributed by atoms with Crippen LogP contribution in [0.25, 0.3) is 5.57 Å². The first-order chi connectivity index (χ1) is 7.15. The van der Waals surface area contributed by atoms with Gasteiger partial charge in [0.25, 0.3) is 0 Å². The van der Waals surface area contributed by atoms with Crippen LogP contribution in [-0.2, 0) is 0 Å². The highest BCUT2D eigenvalue weighted by Crippen LogP contribution is 2.19. The van der Waals surface area contributed by atoms with E-state index in [-0.39, 0.29) is 5.82 Å². The van der Waals surface area contributed by atoms with Crippen molar-refractivity contribution in [2.45, 2.75) is 13.3 Å². The van der Waals surface area contributed by atoms with Gasteiger partial charge in [0, 0.05) is 5.56 Å². The SMILES string of the molecule is CNCCC=C(C)c1cc(F)ccc1F. The third-order valence-corrected chi connectivity index (χ3v) is 2.20. The molecule has 0 heterocycles. The molecule has 0 aliphatic carbocycles. The molecular formula is C12H15F2N. The average Bonchev–Trinajstić information content (AvgIpc) is 2.22. The van der Waals surface area contributed by atoms with Gasteiger partial charge >= 0.3 is 0 Å². The summed E-state index contributed by atoms with van der Waals surface area (Å²) >= 11 is 0. The Kier molecular flexibility index (Phi) is 4.43. The van der Waals surface area contributed by atoms with Crippen LogP contribution < -0.4 is 5.32 Å². The molecule has 0 aliphatic rings. The molecule has 1 N–H and O–H groups in total. The van der Waals surface area contributed by atoms with Crippen LogP contribution in [0.5, 0.6) is 0 Å². The van der Waals surface area contributed by atoms with E-state index in [1.807, 2.05) is 13.1 Å². The Hall–Kier alpha value is -1.22. The number of benzene rings is 1. The molecule has 82 valence electrons. The highest BCUT2D eigenvalue weighted by molar-refractivity contribution is 5.64. The lowest BCUT2D eigenvalue weighted by Crippen LogP contribution is -2.06. The summed E-state index contributed by atoms with van der Waals surface area (Å²) in [6.07, 6.45) is 2.70. The molecule has 0 saturated carbocycles. The van der Waals surface area contributed by atoms with Crippen LogP contribution in [0.2, 0.25) is 0 Å². The van der Waals surface area contributed by atoms with Crippen molar-refractivity contribution in [2.75, 3.05) is 13.6 Å². The Morgan fingerprint density at radius 1 is 1.40 bits per heavy atom. The summed E-state index contributed by atoms with van der Waals surface area (Å²) in [7, 11) is 1.85. The summed E-state index contributed by atoms with van der Waals surface area (Å²) in [5, 5.41) is 2.99. The Balaban J connectivity index is 2.85. The number of hydrogen-bond donors (Lipinski definition) is 1. The fourth-order valence-electron chi connectivity index (χ4n) is 1.34. The van der Waals surface area contributed by atoms with Gasteiger partial charge in [-0.05, 0) is 50.7 Å². The highest BCUT2D eigenvalue weighted by atomic mass is 19.1. The molecule has 3 heteroatoms. The first-order valence-electron chi connectivity index (χ1n) is 4.92. The molecule has 0 atom stereocenters. The summed E-state index contributed by atoms with van der Waals surface area (Å²) in [5.41, 5.74) is 1.10. The van der Waals surface area contributed by atoms with Crippen molar-refractivity contribution in [3.63, 3.8) is 0 Å². The normalized spacial score (nSPS) is 11.9. The largest absolute Gasteiger partial charge is 0.319 e. The molecule has 15 heavy (non-hydrogen) atoms. The molecular weight excluding hydrogens is 196 g/mol. The average molecular weight is 211 g/mol. The van der Waals surface area contributed by atoms with Crippen LogP contribution in [0.4, 0.5) is 8.78 Å². The van der Waals surface area contributed by atoms with E-state index in [9.17, 15) is 8.78 Å². The van der Waals surface area contributed by atoms with Crippen molar-refractivity contribution in [2.24, 2.45) is 0 Å². The minimum atomic E-state index is -0.409. The molecule has 1 nitrogen and oxygen atoms in total. The van der Waals surface area contributed by atoms with Gasteiger partial charge in [-0.15, -0.1) is 0 Å². The lowest BCUT2D eigenvalue weighted by Gasteiger charge is -2.04. The number of hydrogen-bond acceptors (Lipinski definition) is 1. The second kappa shape index (κ2) is 5.61. The maximum atomic E-state index is 13.3. The third kappa shape index (κ3) is 3.44.